The van der Waals surface area contributed by atoms with Gasteiger partial charge in [0.25, 0.3) is 5.56 Å². The summed E-state index contributed by atoms with van der Waals surface area (Å²) < 4.78 is 4.49. The van der Waals surface area contributed by atoms with Gasteiger partial charge in [0.15, 0.2) is 11.2 Å². The van der Waals surface area contributed by atoms with Crippen molar-refractivity contribution in [1.29, 1.82) is 0 Å². The van der Waals surface area contributed by atoms with Gasteiger partial charge in [0, 0.05) is 33.7 Å². The molecule has 0 aromatic carbocycles. The van der Waals surface area contributed by atoms with Crippen molar-refractivity contribution in [2.24, 2.45) is 25.9 Å². The van der Waals surface area contributed by atoms with E-state index in [1.165, 1.54) is 15.6 Å². The number of aryl methyl sites for hydroxylation is 2. The van der Waals surface area contributed by atoms with Crippen LogP contribution in [0, 0.1) is 11.8 Å². The largest absolute Gasteiger partial charge is 0.332 e. The molecule has 1 saturated heterocycles. The number of hydrogen-bond acceptors (Lipinski definition) is 4. The lowest BCUT2D eigenvalue weighted by atomic mass is 9.92. The third kappa shape index (κ3) is 3.05. The number of piperidine rings is 1. The summed E-state index contributed by atoms with van der Waals surface area (Å²) in [6.07, 6.45) is 3.66. The molecule has 1 aliphatic heterocycles. The number of likely N-dealkylation sites (tertiary alicyclic amines) is 1. The topological polar surface area (TPSA) is 65.1 Å². The van der Waals surface area contributed by atoms with Crippen molar-refractivity contribution in [2.45, 2.75) is 33.2 Å². The van der Waals surface area contributed by atoms with Crippen molar-refractivity contribution in [3.63, 3.8) is 0 Å². The van der Waals surface area contributed by atoms with Crippen LogP contribution in [0.15, 0.2) is 15.9 Å². The maximum absolute atomic E-state index is 12.6. The SMILES string of the molecule is C[C@@H]1C[C@@H](C)CN(CCCn2c(=O)c3c(ncn3C)n(C)c2=O)C1. The third-order valence-corrected chi connectivity index (χ3v) is 5.00. The smallest absolute Gasteiger partial charge is 0.328 e. The molecule has 0 unspecified atom stereocenters. The number of imidazole rings is 1. The molecule has 7 heteroatoms. The Balaban J connectivity index is 1.77. The van der Waals surface area contributed by atoms with E-state index in [0.29, 0.717) is 17.7 Å². The summed E-state index contributed by atoms with van der Waals surface area (Å²) in [7, 11) is 3.45. The fourth-order valence-corrected chi connectivity index (χ4v) is 4.02. The second kappa shape index (κ2) is 6.55. The molecule has 0 saturated carbocycles. The van der Waals surface area contributed by atoms with E-state index in [2.05, 4.69) is 23.7 Å². The molecule has 1 fully saturated rings. The minimum Gasteiger partial charge on any atom is -0.328 e. The lowest BCUT2D eigenvalue weighted by Gasteiger charge is -2.34. The molecule has 2 aromatic rings. The molecule has 0 bridgehead atoms. The van der Waals surface area contributed by atoms with E-state index in [1.807, 2.05) is 0 Å². The molecule has 24 heavy (non-hydrogen) atoms. The molecule has 7 nitrogen and oxygen atoms in total. The van der Waals surface area contributed by atoms with Crippen LogP contribution in [0.2, 0.25) is 0 Å². The number of fused-ring (bicyclic) bond motifs is 1. The van der Waals surface area contributed by atoms with Crippen LogP contribution in [0.4, 0.5) is 0 Å². The van der Waals surface area contributed by atoms with Crippen molar-refractivity contribution >= 4 is 11.2 Å². The Hall–Kier alpha value is -1.89. The van der Waals surface area contributed by atoms with E-state index >= 15 is 0 Å². The highest BCUT2D eigenvalue weighted by Gasteiger charge is 2.21. The van der Waals surface area contributed by atoms with Gasteiger partial charge in [0.05, 0.1) is 6.33 Å². The Bertz CT molecular complexity index is 837. The third-order valence-electron chi connectivity index (χ3n) is 5.00. The molecule has 2 atom stereocenters. The molecule has 1 aliphatic rings. The van der Waals surface area contributed by atoms with Crippen LogP contribution >= 0.6 is 0 Å². The first-order valence-corrected chi connectivity index (χ1v) is 8.71. The van der Waals surface area contributed by atoms with Crippen LogP contribution in [0.1, 0.15) is 26.7 Å². The number of nitrogens with zero attached hydrogens (tertiary/aromatic N) is 5. The molecular weight excluding hydrogens is 306 g/mol. The first-order chi connectivity index (χ1) is 11.4. The first-order valence-electron chi connectivity index (χ1n) is 8.71. The average Bonchev–Trinajstić information content (AvgIpc) is 2.89. The van der Waals surface area contributed by atoms with Gasteiger partial charge in [-0.15, -0.1) is 0 Å². The van der Waals surface area contributed by atoms with Gasteiger partial charge < -0.3 is 9.47 Å². The minimum atomic E-state index is -0.286. The molecule has 0 N–H and O–H groups in total. The van der Waals surface area contributed by atoms with Gasteiger partial charge in [0.2, 0.25) is 0 Å². The molecule has 0 radical (unpaired) electrons. The van der Waals surface area contributed by atoms with Crippen molar-refractivity contribution < 1.29 is 0 Å². The quantitative estimate of drug-likeness (QED) is 0.830. The predicted molar refractivity (Wildman–Crippen MR) is 94.2 cm³/mol. The monoisotopic (exact) mass is 333 g/mol. The highest BCUT2D eigenvalue weighted by atomic mass is 16.2. The molecule has 0 aliphatic carbocycles. The minimum absolute atomic E-state index is 0.242. The summed E-state index contributed by atoms with van der Waals surface area (Å²) in [5.41, 5.74) is 0.403. The molecule has 3 heterocycles. The lowest BCUT2D eigenvalue weighted by Crippen LogP contribution is -2.42. The van der Waals surface area contributed by atoms with Gasteiger partial charge in [-0.05, 0) is 31.2 Å². The Morgan fingerprint density at radius 2 is 1.79 bits per heavy atom. The molecule has 0 amide bonds. The summed E-state index contributed by atoms with van der Waals surface area (Å²) >= 11 is 0. The standard InChI is InChI=1S/C17H27N5O2/c1-12-8-13(2)10-21(9-12)6-5-7-22-16(23)14-15(18-11-19(14)3)20(4)17(22)24/h11-13H,5-10H2,1-4H3/t12-,13-/m1/s1. The van der Waals surface area contributed by atoms with Crippen molar-refractivity contribution in [2.75, 3.05) is 19.6 Å². The summed E-state index contributed by atoms with van der Waals surface area (Å²) in [6, 6.07) is 0. The summed E-state index contributed by atoms with van der Waals surface area (Å²) in [6.45, 7) is 8.17. The van der Waals surface area contributed by atoms with Crippen LogP contribution in [0.5, 0.6) is 0 Å². The second-order valence-electron chi connectivity index (χ2n) is 7.39. The fraction of sp³-hybridized carbons (Fsp3) is 0.706. The zero-order chi connectivity index (χ0) is 17.4. The van der Waals surface area contributed by atoms with Crippen molar-refractivity contribution in [3.8, 4) is 0 Å². The Morgan fingerprint density at radius 1 is 1.12 bits per heavy atom. The Labute approximate surface area is 141 Å². The van der Waals surface area contributed by atoms with Crippen molar-refractivity contribution in [1.82, 2.24) is 23.6 Å². The number of rotatable bonds is 4. The molecule has 3 rings (SSSR count). The zero-order valence-corrected chi connectivity index (χ0v) is 15.0. The van der Waals surface area contributed by atoms with Crippen LogP contribution in [0.3, 0.4) is 0 Å². The number of aromatic nitrogens is 4. The maximum atomic E-state index is 12.6. The summed E-state index contributed by atoms with van der Waals surface area (Å²) in [4.78, 5) is 31.7. The normalized spacial score (nSPS) is 22.3. The van der Waals surface area contributed by atoms with Gasteiger partial charge >= 0.3 is 5.69 Å². The lowest BCUT2D eigenvalue weighted by molar-refractivity contribution is 0.138. The van der Waals surface area contributed by atoms with E-state index in [4.69, 9.17) is 0 Å². The molecular formula is C17H27N5O2. The predicted octanol–water partition coefficient (Wildman–Crippen LogP) is 0.802. The second-order valence-corrected chi connectivity index (χ2v) is 7.39. The highest BCUT2D eigenvalue weighted by Crippen LogP contribution is 2.20. The highest BCUT2D eigenvalue weighted by molar-refractivity contribution is 5.69. The summed E-state index contributed by atoms with van der Waals surface area (Å²) in [5, 5.41) is 0. The van der Waals surface area contributed by atoms with E-state index in [9.17, 15) is 9.59 Å². The first kappa shape index (κ1) is 17.0. The Kier molecular flexibility index (Phi) is 4.62. The molecule has 0 spiro atoms. The van der Waals surface area contributed by atoms with E-state index in [0.717, 1.165) is 37.9 Å². The van der Waals surface area contributed by atoms with Gasteiger partial charge in [0.1, 0.15) is 0 Å². The van der Waals surface area contributed by atoms with Crippen LogP contribution in [-0.4, -0.2) is 43.2 Å². The molecule has 2 aromatic heterocycles. The van der Waals surface area contributed by atoms with E-state index in [-0.39, 0.29) is 11.2 Å². The number of hydrogen-bond donors (Lipinski definition) is 0. The fourth-order valence-electron chi connectivity index (χ4n) is 4.02. The van der Waals surface area contributed by atoms with Crippen molar-refractivity contribution in [3.05, 3.63) is 27.2 Å². The van der Waals surface area contributed by atoms with Gasteiger partial charge in [-0.2, -0.15) is 0 Å². The van der Waals surface area contributed by atoms with Crippen LogP contribution in [-0.2, 0) is 20.6 Å². The maximum Gasteiger partial charge on any atom is 0.332 e. The van der Waals surface area contributed by atoms with E-state index in [1.54, 1.807) is 25.0 Å². The van der Waals surface area contributed by atoms with Gasteiger partial charge in [-0.1, -0.05) is 13.8 Å². The summed E-state index contributed by atoms with van der Waals surface area (Å²) in [5.74, 6) is 1.44. The van der Waals surface area contributed by atoms with Gasteiger partial charge in [-0.3, -0.25) is 13.9 Å². The van der Waals surface area contributed by atoms with Crippen LogP contribution < -0.4 is 11.2 Å². The van der Waals surface area contributed by atoms with Crippen LogP contribution in [0.25, 0.3) is 11.2 Å². The average molecular weight is 333 g/mol. The Morgan fingerprint density at radius 3 is 2.46 bits per heavy atom. The van der Waals surface area contributed by atoms with E-state index < -0.39 is 0 Å². The molecule has 132 valence electrons. The zero-order valence-electron chi connectivity index (χ0n) is 15.0. The van der Waals surface area contributed by atoms with Gasteiger partial charge in [-0.25, -0.2) is 9.78 Å².